The van der Waals surface area contributed by atoms with Crippen LogP contribution in [0.5, 0.6) is 0 Å². The second kappa shape index (κ2) is 5.57. The van der Waals surface area contributed by atoms with Gasteiger partial charge in [0.15, 0.2) is 4.90 Å². The number of nitrogens with two attached hydrogens (primary N) is 1. The average Bonchev–Trinajstić information content (AvgIpc) is 2.31. The van der Waals surface area contributed by atoms with Crippen molar-refractivity contribution >= 4 is 37.3 Å². The van der Waals surface area contributed by atoms with Crippen LogP contribution in [0.25, 0.3) is 0 Å². The molecule has 3 N–H and O–H groups in total. The van der Waals surface area contributed by atoms with Gasteiger partial charge in [-0.2, -0.15) is 0 Å². The molecule has 0 bridgehead atoms. The van der Waals surface area contributed by atoms with E-state index in [1.165, 1.54) is 12.3 Å². The Bertz CT molecular complexity index is 789. The third kappa shape index (κ3) is 3.30. The molecule has 0 saturated heterocycles. The maximum Gasteiger partial charge on any atom is 0.267 e. The van der Waals surface area contributed by atoms with E-state index >= 15 is 0 Å². The summed E-state index contributed by atoms with van der Waals surface area (Å²) >= 11 is 3.16. The van der Waals surface area contributed by atoms with Crippen molar-refractivity contribution in [2.24, 2.45) is 0 Å². The first-order chi connectivity index (χ1) is 9.70. The van der Waals surface area contributed by atoms with Gasteiger partial charge in [0.2, 0.25) is 0 Å². The van der Waals surface area contributed by atoms with Crippen molar-refractivity contribution in [3.8, 4) is 0 Å². The molecule has 112 valence electrons. The lowest BCUT2D eigenvalue weighted by molar-refractivity contribution is 0.522. The van der Waals surface area contributed by atoms with Crippen molar-refractivity contribution in [3.05, 3.63) is 46.2 Å². The van der Waals surface area contributed by atoms with Gasteiger partial charge in [-0.05, 0) is 46.6 Å². The highest BCUT2D eigenvalue weighted by Gasteiger charge is 2.25. The number of hydrogen-bond acceptors (Lipinski definition) is 4. The molecule has 0 fully saturated rings. The van der Waals surface area contributed by atoms with E-state index in [1.807, 2.05) is 0 Å². The fourth-order valence-corrected chi connectivity index (χ4v) is 3.03. The highest BCUT2D eigenvalue weighted by Crippen LogP contribution is 2.25. The lowest BCUT2D eigenvalue weighted by atomic mass is 10.3. The van der Waals surface area contributed by atoms with Gasteiger partial charge in [0.25, 0.3) is 10.0 Å². The van der Waals surface area contributed by atoms with Crippen molar-refractivity contribution in [3.63, 3.8) is 0 Å². The molecule has 1 aromatic heterocycles. The molecule has 21 heavy (non-hydrogen) atoms. The average molecular weight is 378 g/mol. The molecular weight excluding hydrogens is 368 g/mol. The number of hydrogen-bond donors (Lipinski definition) is 2. The Morgan fingerprint density at radius 3 is 2.33 bits per heavy atom. The Morgan fingerprint density at radius 1 is 1.24 bits per heavy atom. The molecule has 0 atom stereocenters. The fourth-order valence-electron chi connectivity index (χ4n) is 1.66. The van der Waals surface area contributed by atoms with Gasteiger partial charge < -0.3 is 5.73 Å². The maximum atomic E-state index is 13.7. The Balaban J connectivity index is 2.46. The number of nitrogen functional groups attached to an aromatic ring is 1. The van der Waals surface area contributed by atoms with Crippen LogP contribution in [0.1, 0.15) is 5.56 Å². The number of sulfonamides is 1. The third-order valence-corrected chi connectivity index (χ3v) is 4.82. The molecular formula is C12H10BrF2N3O2S. The number of aromatic nitrogens is 1. The van der Waals surface area contributed by atoms with E-state index in [0.29, 0.717) is 10.2 Å². The first-order valence-corrected chi connectivity index (χ1v) is 7.88. The van der Waals surface area contributed by atoms with Crippen molar-refractivity contribution in [1.29, 1.82) is 0 Å². The minimum absolute atomic E-state index is 0.0892. The molecule has 5 nitrogen and oxygen atoms in total. The van der Waals surface area contributed by atoms with E-state index < -0.39 is 26.6 Å². The fraction of sp³-hybridized carbons (Fsp3) is 0.0833. The maximum absolute atomic E-state index is 13.7. The third-order valence-electron chi connectivity index (χ3n) is 2.56. The van der Waals surface area contributed by atoms with Crippen LogP contribution in [0.3, 0.4) is 0 Å². The molecule has 0 unspecified atom stereocenters. The van der Waals surface area contributed by atoms with Crippen LogP contribution in [-0.2, 0) is 10.0 Å². The number of nitrogens with zero attached hydrogens (tertiary/aromatic N) is 1. The monoisotopic (exact) mass is 377 g/mol. The summed E-state index contributed by atoms with van der Waals surface area (Å²) in [7, 11) is -4.43. The highest BCUT2D eigenvalue weighted by molar-refractivity contribution is 9.10. The minimum atomic E-state index is -4.43. The molecule has 0 radical (unpaired) electrons. The van der Waals surface area contributed by atoms with Gasteiger partial charge in [-0.3, -0.25) is 4.72 Å². The lowest BCUT2D eigenvalue weighted by Crippen LogP contribution is -2.17. The van der Waals surface area contributed by atoms with Crippen LogP contribution in [0, 0.1) is 18.6 Å². The smallest absolute Gasteiger partial charge is 0.267 e. The Hall–Kier alpha value is -1.74. The second-order valence-corrected chi connectivity index (χ2v) is 6.62. The molecule has 0 saturated carbocycles. The quantitative estimate of drug-likeness (QED) is 0.636. The normalized spacial score (nSPS) is 11.4. The van der Waals surface area contributed by atoms with Crippen molar-refractivity contribution < 1.29 is 17.2 Å². The van der Waals surface area contributed by atoms with Gasteiger partial charge >= 0.3 is 0 Å². The molecule has 0 aliphatic carbocycles. The number of nitrogens with one attached hydrogen (secondary N) is 1. The molecule has 0 spiro atoms. The van der Waals surface area contributed by atoms with Gasteiger partial charge in [-0.25, -0.2) is 22.2 Å². The topological polar surface area (TPSA) is 85.1 Å². The number of benzene rings is 1. The predicted octanol–water partition coefficient (Wildman–Crippen LogP) is 2.81. The highest BCUT2D eigenvalue weighted by atomic mass is 79.9. The van der Waals surface area contributed by atoms with E-state index in [9.17, 15) is 17.2 Å². The Morgan fingerprint density at radius 2 is 1.81 bits per heavy atom. The SMILES string of the molecule is Cc1cc(NS(=O)(=O)c2c(F)cc(N)cc2F)cnc1Br. The zero-order valence-electron chi connectivity index (χ0n) is 10.7. The first-order valence-electron chi connectivity index (χ1n) is 5.60. The molecule has 0 aliphatic rings. The zero-order chi connectivity index (χ0) is 15.8. The molecule has 2 rings (SSSR count). The zero-order valence-corrected chi connectivity index (χ0v) is 13.1. The van der Waals surface area contributed by atoms with E-state index in [4.69, 9.17) is 5.73 Å². The van der Waals surface area contributed by atoms with Crippen LogP contribution in [-0.4, -0.2) is 13.4 Å². The number of aryl methyl sites for hydroxylation is 1. The van der Waals surface area contributed by atoms with E-state index in [0.717, 1.165) is 12.1 Å². The van der Waals surface area contributed by atoms with Crippen LogP contribution >= 0.6 is 15.9 Å². The summed E-state index contributed by atoms with van der Waals surface area (Å²) in [5.41, 5.74) is 5.80. The van der Waals surface area contributed by atoms with Gasteiger partial charge in [0, 0.05) is 5.69 Å². The molecule has 0 amide bonds. The summed E-state index contributed by atoms with van der Waals surface area (Å²) in [4.78, 5) is 2.81. The summed E-state index contributed by atoms with van der Waals surface area (Å²) in [5.74, 6) is -2.52. The summed E-state index contributed by atoms with van der Waals surface area (Å²) in [5, 5.41) is 0. The summed E-state index contributed by atoms with van der Waals surface area (Å²) < 4.78 is 54.1. The molecule has 0 aliphatic heterocycles. The summed E-state index contributed by atoms with van der Waals surface area (Å²) in [6.45, 7) is 1.69. The minimum Gasteiger partial charge on any atom is -0.399 e. The van der Waals surface area contributed by atoms with Crippen LogP contribution in [0.2, 0.25) is 0 Å². The van der Waals surface area contributed by atoms with Gasteiger partial charge in [-0.1, -0.05) is 0 Å². The first kappa shape index (κ1) is 15.6. The lowest BCUT2D eigenvalue weighted by Gasteiger charge is -2.11. The van der Waals surface area contributed by atoms with Gasteiger partial charge in [-0.15, -0.1) is 0 Å². The predicted molar refractivity (Wildman–Crippen MR) is 78.3 cm³/mol. The number of anilines is 2. The van der Waals surface area contributed by atoms with Crippen molar-refractivity contribution in [2.75, 3.05) is 10.5 Å². The van der Waals surface area contributed by atoms with Gasteiger partial charge in [0.05, 0.1) is 11.9 Å². The standard InChI is InChI=1S/C12H10BrF2N3O2S/c1-6-2-8(5-17-12(6)13)18-21(19,20)11-9(14)3-7(16)4-10(11)15/h2-5,18H,16H2,1H3. The molecule has 1 aromatic carbocycles. The Kier molecular flexibility index (Phi) is 4.15. The summed E-state index contributed by atoms with van der Waals surface area (Å²) in [6, 6.07) is 2.95. The van der Waals surface area contributed by atoms with Crippen molar-refractivity contribution in [2.45, 2.75) is 11.8 Å². The number of pyridine rings is 1. The molecule has 1 heterocycles. The molecule has 2 aromatic rings. The van der Waals surface area contributed by atoms with Crippen LogP contribution in [0.4, 0.5) is 20.2 Å². The largest absolute Gasteiger partial charge is 0.399 e. The number of halogens is 3. The van der Waals surface area contributed by atoms with Crippen LogP contribution < -0.4 is 10.5 Å². The van der Waals surface area contributed by atoms with E-state index in [1.54, 1.807) is 6.92 Å². The van der Waals surface area contributed by atoms with Gasteiger partial charge in [0.1, 0.15) is 16.2 Å². The second-order valence-electron chi connectivity index (χ2n) is 4.25. The molecule has 9 heteroatoms. The van der Waals surface area contributed by atoms with E-state index in [-0.39, 0.29) is 11.4 Å². The van der Waals surface area contributed by atoms with Crippen molar-refractivity contribution in [1.82, 2.24) is 4.98 Å². The number of rotatable bonds is 3. The van der Waals surface area contributed by atoms with E-state index in [2.05, 4.69) is 25.6 Å². The Labute approximate surface area is 128 Å². The van der Waals surface area contributed by atoms with Crippen LogP contribution in [0.15, 0.2) is 33.9 Å². The summed E-state index contributed by atoms with van der Waals surface area (Å²) in [6.07, 6.45) is 1.22.